The molecule has 1 aromatic carbocycles. The summed E-state index contributed by atoms with van der Waals surface area (Å²) in [6.07, 6.45) is 1.89. The number of ether oxygens (including phenoxy) is 2. The van der Waals surface area contributed by atoms with E-state index in [0.29, 0.717) is 12.7 Å². The fourth-order valence-corrected chi connectivity index (χ4v) is 1.56. The zero-order valence-corrected chi connectivity index (χ0v) is 10.7. The molecule has 1 aliphatic carbocycles. The van der Waals surface area contributed by atoms with E-state index >= 15 is 0 Å². The molecule has 0 radical (unpaired) electrons. The Balaban J connectivity index is 1.66. The topological polar surface area (TPSA) is 67.8 Å². The predicted molar refractivity (Wildman–Crippen MR) is 69.6 cm³/mol. The van der Waals surface area contributed by atoms with Crippen LogP contribution in [0.2, 0.25) is 0 Å². The number of aliphatic hydroxyl groups is 1. The van der Waals surface area contributed by atoms with Crippen molar-refractivity contribution in [3.8, 4) is 0 Å². The van der Waals surface area contributed by atoms with Crippen LogP contribution in [0.25, 0.3) is 0 Å². The van der Waals surface area contributed by atoms with Crippen LogP contribution in [0.3, 0.4) is 0 Å². The van der Waals surface area contributed by atoms with Crippen molar-refractivity contribution in [2.45, 2.75) is 31.6 Å². The summed E-state index contributed by atoms with van der Waals surface area (Å²) in [5.41, 5.74) is 0.924. The van der Waals surface area contributed by atoms with Crippen molar-refractivity contribution >= 4 is 6.09 Å². The first-order valence-corrected chi connectivity index (χ1v) is 6.47. The average Bonchev–Trinajstić information content (AvgIpc) is 3.26. The summed E-state index contributed by atoms with van der Waals surface area (Å²) >= 11 is 0. The Morgan fingerprint density at radius 1 is 1.37 bits per heavy atom. The lowest BCUT2D eigenvalue weighted by molar-refractivity contribution is 0.0701. The maximum atomic E-state index is 11.5. The number of hydrogen-bond acceptors (Lipinski definition) is 4. The fraction of sp³-hybridized carbons (Fsp3) is 0.500. The highest BCUT2D eigenvalue weighted by molar-refractivity contribution is 5.67. The summed E-state index contributed by atoms with van der Waals surface area (Å²) in [5, 5.41) is 11.7. The van der Waals surface area contributed by atoms with Gasteiger partial charge in [-0.05, 0) is 18.4 Å². The number of alkyl carbamates (subject to hydrolysis) is 1. The van der Waals surface area contributed by atoms with Crippen LogP contribution < -0.4 is 5.32 Å². The molecule has 19 heavy (non-hydrogen) atoms. The SMILES string of the molecule is O=C(NC(CO)COC1CC1)OCc1ccccc1. The van der Waals surface area contributed by atoms with Gasteiger partial charge in [0.15, 0.2) is 0 Å². The molecule has 1 unspecified atom stereocenters. The quantitative estimate of drug-likeness (QED) is 0.783. The Morgan fingerprint density at radius 2 is 2.11 bits per heavy atom. The largest absolute Gasteiger partial charge is 0.445 e. The maximum Gasteiger partial charge on any atom is 0.407 e. The zero-order chi connectivity index (χ0) is 13.5. The summed E-state index contributed by atoms with van der Waals surface area (Å²) in [4.78, 5) is 11.5. The molecule has 5 heteroatoms. The summed E-state index contributed by atoms with van der Waals surface area (Å²) < 4.78 is 10.5. The normalized spacial score (nSPS) is 15.8. The number of amides is 1. The van der Waals surface area contributed by atoms with Gasteiger partial charge in [-0.3, -0.25) is 0 Å². The Bertz CT molecular complexity index is 392. The smallest absolute Gasteiger partial charge is 0.407 e. The van der Waals surface area contributed by atoms with Crippen molar-refractivity contribution in [1.82, 2.24) is 5.32 Å². The van der Waals surface area contributed by atoms with Gasteiger partial charge in [0.1, 0.15) is 6.61 Å². The van der Waals surface area contributed by atoms with Crippen LogP contribution in [-0.2, 0) is 16.1 Å². The monoisotopic (exact) mass is 265 g/mol. The number of benzene rings is 1. The van der Waals surface area contributed by atoms with Gasteiger partial charge in [-0.2, -0.15) is 0 Å². The van der Waals surface area contributed by atoms with Crippen LogP contribution in [0.4, 0.5) is 4.79 Å². The van der Waals surface area contributed by atoms with Crippen LogP contribution in [0.1, 0.15) is 18.4 Å². The Labute approximate surface area is 112 Å². The average molecular weight is 265 g/mol. The third-order valence-corrected chi connectivity index (χ3v) is 2.81. The van der Waals surface area contributed by atoms with E-state index in [1.54, 1.807) is 0 Å². The molecule has 0 aromatic heterocycles. The number of nitrogens with one attached hydrogen (secondary N) is 1. The van der Waals surface area contributed by atoms with Crippen molar-refractivity contribution in [1.29, 1.82) is 0 Å². The van der Waals surface area contributed by atoms with E-state index in [9.17, 15) is 4.79 Å². The second-order valence-corrected chi connectivity index (χ2v) is 4.62. The molecule has 104 valence electrons. The van der Waals surface area contributed by atoms with E-state index in [2.05, 4.69) is 5.32 Å². The van der Waals surface area contributed by atoms with E-state index in [-0.39, 0.29) is 13.2 Å². The van der Waals surface area contributed by atoms with E-state index in [1.807, 2.05) is 30.3 Å². The second kappa shape index (κ2) is 7.11. The van der Waals surface area contributed by atoms with Crippen LogP contribution in [0.5, 0.6) is 0 Å². The summed E-state index contributed by atoms with van der Waals surface area (Å²) in [6, 6.07) is 9.03. The highest BCUT2D eigenvalue weighted by atomic mass is 16.5. The van der Waals surface area contributed by atoms with Gasteiger partial charge in [-0.25, -0.2) is 4.79 Å². The van der Waals surface area contributed by atoms with E-state index in [4.69, 9.17) is 14.6 Å². The second-order valence-electron chi connectivity index (χ2n) is 4.62. The predicted octanol–water partition coefficient (Wildman–Crippen LogP) is 1.45. The highest BCUT2D eigenvalue weighted by Gasteiger charge is 2.24. The Kier molecular flexibility index (Phi) is 5.18. The standard InChI is InChI=1S/C14H19NO4/c16-8-12(10-18-13-6-7-13)15-14(17)19-9-11-4-2-1-3-5-11/h1-5,12-13,16H,6-10H2,(H,15,17). The third-order valence-electron chi connectivity index (χ3n) is 2.81. The molecule has 1 saturated carbocycles. The van der Waals surface area contributed by atoms with Crippen molar-refractivity contribution in [2.75, 3.05) is 13.2 Å². The molecule has 1 aliphatic rings. The Morgan fingerprint density at radius 3 is 2.74 bits per heavy atom. The van der Waals surface area contributed by atoms with Crippen molar-refractivity contribution in [3.63, 3.8) is 0 Å². The molecule has 2 N–H and O–H groups in total. The first kappa shape index (κ1) is 13.8. The van der Waals surface area contributed by atoms with E-state index < -0.39 is 12.1 Å². The van der Waals surface area contributed by atoms with E-state index in [1.165, 1.54) is 0 Å². The zero-order valence-electron chi connectivity index (χ0n) is 10.7. The molecule has 0 bridgehead atoms. The van der Waals surface area contributed by atoms with Crippen LogP contribution >= 0.6 is 0 Å². The van der Waals surface area contributed by atoms with Gasteiger partial charge in [0.2, 0.25) is 0 Å². The molecule has 0 heterocycles. The summed E-state index contributed by atoms with van der Waals surface area (Å²) in [5.74, 6) is 0. The lowest BCUT2D eigenvalue weighted by Crippen LogP contribution is -2.41. The minimum Gasteiger partial charge on any atom is -0.445 e. The molecule has 1 aromatic rings. The van der Waals surface area contributed by atoms with Gasteiger partial charge >= 0.3 is 6.09 Å². The van der Waals surface area contributed by atoms with Gasteiger partial charge in [0.05, 0.1) is 25.4 Å². The molecule has 0 spiro atoms. The third kappa shape index (κ3) is 5.28. The van der Waals surface area contributed by atoms with Gasteiger partial charge in [0, 0.05) is 0 Å². The van der Waals surface area contributed by atoms with Gasteiger partial charge in [0.25, 0.3) is 0 Å². The molecule has 5 nitrogen and oxygen atoms in total. The van der Waals surface area contributed by atoms with Crippen molar-refractivity contribution < 1.29 is 19.4 Å². The lowest BCUT2D eigenvalue weighted by atomic mass is 10.2. The molecule has 0 saturated heterocycles. The minimum atomic E-state index is -0.540. The first-order valence-electron chi connectivity index (χ1n) is 6.47. The summed E-state index contributed by atoms with van der Waals surface area (Å²) in [6.45, 7) is 0.378. The number of hydrogen-bond donors (Lipinski definition) is 2. The number of carbonyl (C=O) groups excluding carboxylic acids is 1. The molecular formula is C14H19NO4. The molecule has 0 aliphatic heterocycles. The lowest BCUT2D eigenvalue weighted by Gasteiger charge is -2.16. The molecule has 1 fully saturated rings. The van der Waals surface area contributed by atoms with E-state index in [0.717, 1.165) is 18.4 Å². The van der Waals surface area contributed by atoms with Crippen LogP contribution in [0, 0.1) is 0 Å². The Hall–Kier alpha value is -1.59. The number of carbonyl (C=O) groups is 1. The molecular weight excluding hydrogens is 246 g/mol. The fourth-order valence-electron chi connectivity index (χ4n) is 1.56. The summed E-state index contributed by atoms with van der Waals surface area (Å²) in [7, 11) is 0. The first-order chi connectivity index (χ1) is 9.28. The van der Waals surface area contributed by atoms with Crippen LogP contribution in [-0.4, -0.2) is 36.6 Å². The van der Waals surface area contributed by atoms with Crippen molar-refractivity contribution in [3.05, 3.63) is 35.9 Å². The number of aliphatic hydroxyl groups excluding tert-OH is 1. The highest BCUT2D eigenvalue weighted by Crippen LogP contribution is 2.23. The molecule has 1 amide bonds. The van der Waals surface area contributed by atoms with Crippen molar-refractivity contribution in [2.24, 2.45) is 0 Å². The van der Waals surface area contributed by atoms with Gasteiger partial charge in [-0.15, -0.1) is 0 Å². The van der Waals surface area contributed by atoms with Gasteiger partial charge < -0.3 is 19.9 Å². The van der Waals surface area contributed by atoms with Gasteiger partial charge in [-0.1, -0.05) is 30.3 Å². The molecule has 1 atom stereocenters. The molecule has 2 rings (SSSR count). The van der Waals surface area contributed by atoms with Crippen LogP contribution in [0.15, 0.2) is 30.3 Å². The minimum absolute atomic E-state index is 0.160. The maximum absolute atomic E-state index is 11.5. The number of rotatable bonds is 7.